The largest absolute Gasteiger partial charge is 0.486 e. The summed E-state index contributed by atoms with van der Waals surface area (Å²) in [5, 5.41) is 12.0. The molecule has 0 unspecified atom stereocenters. The molecule has 0 radical (unpaired) electrons. The Morgan fingerprint density at radius 3 is 2.67 bits per heavy atom. The van der Waals surface area contributed by atoms with Crippen LogP contribution in [-0.4, -0.2) is 16.1 Å². The molecule has 21 heavy (non-hydrogen) atoms. The molecule has 0 aliphatic heterocycles. The van der Waals surface area contributed by atoms with Gasteiger partial charge in [-0.3, -0.25) is 4.79 Å². The van der Waals surface area contributed by atoms with Gasteiger partial charge in [-0.2, -0.15) is 0 Å². The summed E-state index contributed by atoms with van der Waals surface area (Å²) in [6.07, 6.45) is 0.481. The smallest absolute Gasteiger partial charge is 0.226 e. The number of hydrogen-bond acceptors (Lipinski definition) is 5. The predicted octanol–water partition coefficient (Wildman–Crippen LogP) is 3.41. The lowest BCUT2D eigenvalue weighted by molar-refractivity contribution is -0.116. The van der Waals surface area contributed by atoms with E-state index in [1.54, 1.807) is 0 Å². The van der Waals surface area contributed by atoms with Crippen LogP contribution in [0.25, 0.3) is 0 Å². The molecule has 0 spiro atoms. The molecule has 1 aromatic heterocycles. The summed E-state index contributed by atoms with van der Waals surface area (Å²) >= 11 is 1.33. The highest BCUT2D eigenvalue weighted by molar-refractivity contribution is 7.15. The van der Waals surface area contributed by atoms with Crippen LogP contribution in [0.4, 0.5) is 5.13 Å². The number of benzene rings is 1. The molecule has 5 nitrogen and oxygen atoms in total. The van der Waals surface area contributed by atoms with Crippen LogP contribution in [0, 0.1) is 12.8 Å². The number of rotatable bonds is 6. The van der Waals surface area contributed by atoms with Crippen molar-refractivity contribution in [3.05, 3.63) is 34.8 Å². The zero-order valence-electron chi connectivity index (χ0n) is 12.4. The Bertz CT molecular complexity index is 593. The van der Waals surface area contributed by atoms with Crippen molar-refractivity contribution in [3.8, 4) is 5.75 Å². The second-order valence-electron chi connectivity index (χ2n) is 5.25. The molecule has 1 heterocycles. The summed E-state index contributed by atoms with van der Waals surface area (Å²) in [6, 6.07) is 7.82. The van der Waals surface area contributed by atoms with E-state index in [0.29, 0.717) is 24.1 Å². The van der Waals surface area contributed by atoms with Crippen LogP contribution in [0.15, 0.2) is 24.3 Å². The van der Waals surface area contributed by atoms with Gasteiger partial charge in [0.25, 0.3) is 0 Å². The zero-order valence-corrected chi connectivity index (χ0v) is 13.2. The van der Waals surface area contributed by atoms with Gasteiger partial charge in [0.15, 0.2) is 5.01 Å². The maximum atomic E-state index is 11.6. The van der Waals surface area contributed by atoms with Crippen LogP contribution in [0.1, 0.15) is 30.8 Å². The van der Waals surface area contributed by atoms with E-state index in [-0.39, 0.29) is 5.91 Å². The second-order valence-corrected chi connectivity index (χ2v) is 6.31. The van der Waals surface area contributed by atoms with Crippen molar-refractivity contribution in [3.63, 3.8) is 0 Å². The standard InChI is InChI=1S/C15H19N3O2S/c1-10(2)8-13(19)16-15-18-17-14(21-15)9-20-12-6-4-11(3)5-7-12/h4-7,10H,8-9H2,1-3H3,(H,16,18,19). The Balaban J connectivity index is 1.85. The van der Waals surface area contributed by atoms with Crippen LogP contribution in [0.2, 0.25) is 0 Å². The van der Waals surface area contributed by atoms with Gasteiger partial charge >= 0.3 is 0 Å². The molecule has 0 aliphatic rings. The van der Waals surface area contributed by atoms with E-state index in [1.165, 1.54) is 16.9 Å². The van der Waals surface area contributed by atoms with Gasteiger partial charge in [-0.05, 0) is 25.0 Å². The normalized spacial score (nSPS) is 10.7. The topological polar surface area (TPSA) is 64.1 Å². The van der Waals surface area contributed by atoms with Crippen LogP contribution in [-0.2, 0) is 11.4 Å². The molecular weight excluding hydrogens is 286 g/mol. The van der Waals surface area contributed by atoms with Crippen LogP contribution in [0.5, 0.6) is 5.75 Å². The van der Waals surface area contributed by atoms with Crippen molar-refractivity contribution < 1.29 is 9.53 Å². The lowest BCUT2D eigenvalue weighted by Gasteiger charge is -2.03. The lowest BCUT2D eigenvalue weighted by atomic mass is 10.1. The number of ether oxygens (including phenoxy) is 1. The molecule has 0 fully saturated rings. The van der Waals surface area contributed by atoms with Crippen LogP contribution < -0.4 is 10.1 Å². The van der Waals surface area contributed by atoms with Gasteiger partial charge < -0.3 is 10.1 Å². The molecule has 1 amide bonds. The first kappa shape index (κ1) is 15.4. The van der Waals surface area contributed by atoms with Gasteiger partial charge in [0.1, 0.15) is 12.4 Å². The fraction of sp³-hybridized carbons (Fsp3) is 0.400. The zero-order chi connectivity index (χ0) is 15.2. The summed E-state index contributed by atoms with van der Waals surface area (Å²) < 4.78 is 5.63. The molecule has 2 aromatic rings. The molecule has 1 N–H and O–H groups in total. The van der Waals surface area contributed by atoms with Gasteiger partial charge in [-0.1, -0.05) is 42.9 Å². The molecule has 0 atom stereocenters. The van der Waals surface area contributed by atoms with Gasteiger partial charge in [-0.25, -0.2) is 0 Å². The highest BCUT2D eigenvalue weighted by Gasteiger charge is 2.10. The molecule has 1 aromatic carbocycles. The Morgan fingerprint density at radius 1 is 1.29 bits per heavy atom. The van der Waals surface area contributed by atoms with Crippen molar-refractivity contribution in [1.82, 2.24) is 10.2 Å². The van der Waals surface area contributed by atoms with Crippen molar-refractivity contribution in [2.24, 2.45) is 5.92 Å². The fourth-order valence-electron chi connectivity index (χ4n) is 1.68. The number of nitrogens with one attached hydrogen (secondary N) is 1. The van der Waals surface area contributed by atoms with E-state index in [4.69, 9.17) is 4.74 Å². The average Bonchev–Trinajstić information content (AvgIpc) is 2.84. The van der Waals surface area contributed by atoms with Gasteiger partial charge in [-0.15, -0.1) is 10.2 Å². The lowest BCUT2D eigenvalue weighted by Crippen LogP contribution is -2.13. The van der Waals surface area contributed by atoms with Gasteiger partial charge in [0.05, 0.1) is 0 Å². The number of amides is 1. The first-order valence-corrected chi connectivity index (χ1v) is 7.66. The van der Waals surface area contributed by atoms with Crippen molar-refractivity contribution in [1.29, 1.82) is 0 Å². The minimum absolute atomic E-state index is 0.0350. The number of carbonyl (C=O) groups is 1. The molecular formula is C15H19N3O2S. The summed E-state index contributed by atoms with van der Waals surface area (Å²) in [4.78, 5) is 11.6. The maximum Gasteiger partial charge on any atom is 0.226 e. The molecule has 0 aliphatic carbocycles. The Hall–Kier alpha value is -1.95. The Kier molecular flexibility index (Phi) is 5.27. The highest BCUT2D eigenvalue weighted by Crippen LogP contribution is 2.19. The fourth-order valence-corrected chi connectivity index (χ4v) is 2.35. The molecule has 0 saturated carbocycles. The molecule has 6 heteroatoms. The molecule has 2 rings (SSSR count). The second kappa shape index (κ2) is 7.17. The predicted molar refractivity (Wildman–Crippen MR) is 83.5 cm³/mol. The van der Waals surface area contributed by atoms with E-state index in [0.717, 1.165) is 10.8 Å². The number of hydrogen-bond donors (Lipinski definition) is 1. The SMILES string of the molecule is Cc1ccc(OCc2nnc(NC(=O)CC(C)C)s2)cc1. The number of aromatic nitrogens is 2. The van der Waals surface area contributed by atoms with E-state index < -0.39 is 0 Å². The van der Waals surface area contributed by atoms with Crippen molar-refractivity contribution >= 4 is 22.4 Å². The highest BCUT2D eigenvalue weighted by atomic mass is 32.1. The quantitative estimate of drug-likeness (QED) is 0.888. The van der Waals surface area contributed by atoms with E-state index in [2.05, 4.69) is 15.5 Å². The van der Waals surface area contributed by atoms with Crippen molar-refractivity contribution in [2.45, 2.75) is 33.8 Å². The van der Waals surface area contributed by atoms with Gasteiger partial charge in [0.2, 0.25) is 11.0 Å². The molecule has 112 valence electrons. The third kappa shape index (κ3) is 5.15. The third-order valence-corrected chi connectivity index (χ3v) is 3.50. The summed E-state index contributed by atoms with van der Waals surface area (Å²) in [5.74, 6) is 1.08. The van der Waals surface area contributed by atoms with Crippen LogP contribution in [0.3, 0.4) is 0 Å². The Labute approximate surface area is 128 Å². The van der Waals surface area contributed by atoms with E-state index in [1.807, 2.05) is 45.0 Å². The van der Waals surface area contributed by atoms with Crippen molar-refractivity contribution in [2.75, 3.05) is 5.32 Å². The molecule has 0 bridgehead atoms. The number of aryl methyl sites for hydroxylation is 1. The maximum absolute atomic E-state index is 11.6. The minimum atomic E-state index is -0.0350. The monoisotopic (exact) mass is 305 g/mol. The number of nitrogens with zero attached hydrogens (tertiary/aromatic N) is 2. The third-order valence-electron chi connectivity index (χ3n) is 2.69. The minimum Gasteiger partial charge on any atom is -0.486 e. The average molecular weight is 305 g/mol. The van der Waals surface area contributed by atoms with E-state index in [9.17, 15) is 4.79 Å². The molecule has 0 saturated heterocycles. The van der Waals surface area contributed by atoms with E-state index >= 15 is 0 Å². The summed E-state index contributed by atoms with van der Waals surface area (Å²) in [5.41, 5.74) is 1.19. The number of anilines is 1. The first-order valence-electron chi connectivity index (χ1n) is 6.84. The Morgan fingerprint density at radius 2 is 2.00 bits per heavy atom. The van der Waals surface area contributed by atoms with Crippen LogP contribution >= 0.6 is 11.3 Å². The first-order chi connectivity index (χ1) is 10.0. The number of carbonyl (C=O) groups excluding carboxylic acids is 1. The van der Waals surface area contributed by atoms with Gasteiger partial charge in [0, 0.05) is 6.42 Å². The summed E-state index contributed by atoms with van der Waals surface area (Å²) in [7, 11) is 0. The summed E-state index contributed by atoms with van der Waals surface area (Å²) in [6.45, 7) is 6.38.